The van der Waals surface area contributed by atoms with E-state index in [1.807, 2.05) is 35.0 Å². The Labute approximate surface area is 179 Å². The maximum absolute atomic E-state index is 13.9. The Balaban J connectivity index is 1.60. The van der Waals surface area contributed by atoms with Crippen LogP contribution < -0.4 is 10.6 Å². The van der Waals surface area contributed by atoms with Crippen LogP contribution in [0.1, 0.15) is 35.3 Å². The molecule has 0 bridgehead atoms. The lowest BCUT2D eigenvalue weighted by molar-refractivity contribution is -0.124. The molecule has 0 saturated carbocycles. The standard InChI is InChI=1S/C23H24F2N4O2/c1-15(2)21(28-22(30)20-18(24)4-3-5-19(20)25)23(31)27-12-16-6-8-17(9-7-16)13-29-11-10-26-14-29/h3-11,14-15,21H,12-13H2,1-2H3,(H,27,31)(H,28,30)/t21-/m1/s1. The van der Waals surface area contributed by atoms with E-state index in [4.69, 9.17) is 0 Å². The second-order valence-electron chi connectivity index (χ2n) is 7.56. The van der Waals surface area contributed by atoms with Crippen molar-refractivity contribution >= 4 is 11.8 Å². The number of imidazole rings is 1. The molecule has 3 aromatic rings. The van der Waals surface area contributed by atoms with E-state index in [0.717, 1.165) is 23.3 Å². The van der Waals surface area contributed by atoms with Crippen molar-refractivity contribution in [2.24, 2.45) is 5.92 Å². The Morgan fingerprint density at radius 1 is 1.03 bits per heavy atom. The summed E-state index contributed by atoms with van der Waals surface area (Å²) in [6.45, 7) is 4.44. The number of rotatable bonds is 8. The van der Waals surface area contributed by atoms with E-state index in [0.29, 0.717) is 6.54 Å². The van der Waals surface area contributed by atoms with Crippen molar-refractivity contribution in [3.8, 4) is 0 Å². The first-order valence-corrected chi connectivity index (χ1v) is 9.91. The molecule has 2 amide bonds. The van der Waals surface area contributed by atoms with Gasteiger partial charge in [-0.3, -0.25) is 9.59 Å². The van der Waals surface area contributed by atoms with Crippen LogP contribution in [-0.4, -0.2) is 27.4 Å². The smallest absolute Gasteiger partial charge is 0.257 e. The van der Waals surface area contributed by atoms with Gasteiger partial charge in [-0.25, -0.2) is 13.8 Å². The molecular formula is C23H24F2N4O2. The Bertz CT molecular complexity index is 1010. The normalized spacial score (nSPS) is 11.9. The van der Waals surface area contributed by atoms with Gasteiger partial charge in [-0.15, -0.1) is 0 Å². The SMILES string of the molecule is CC(C)[C@@H](NC(=O)c1c(F)cccc1F)C(=O)NCc1ccc(Cn2ccnc2)cc1. The van der Waals surface area contributed by atoms with Gasteiger partial charge in [0.25, 0.3) is 5.91 Å². The Hall–Kier alpha value is -3.55. The Morgan fingerprint density at radius 2 is 1.68 bits per heavy atom. The van der Waals surface area contributed by atoms with Gasteiger partial charge in [0.05, 0.1) is 6.33 Å². The van der Waals surface area contributed by atoms with Crippen molar-refractivity contribution < 1.29 is 18.4 Å². The largest absolute Gasteiger partial charge is 0.350 e. The van der Waals surface area contributed by atoms with Crippen molar-refractivity contribution in [1.82, 2.24) is 20.2 Å². The summed E-state index contributed by atoms with van der Waals surface area (Å²) in [4.78, 5) is 29.0. The minimum atomic E-state index is -0.976. The third-order valence-corrected chi connectivity index (χ3v) is 4.84. The molecule has 31 heavy (non-hydrogen) atoms. The van der Waals surface area contributed by atoms with E-state index < -0.39 is 35.1 Å². The highest BCUT2D eigenvalue weighted by Crippen LogP contribution is 2.13. The van der Waals surface area contributed by atoms with Crippen molar-refractivity contribution in [3.05, 3.63) is 89.5 Å². The lowest BCUT2D eigenvalue weighted by atomic mass is 10.0. The van der Waals surface area contributed by atoms with Crippen LogP contribution in [0.3, 0.4) is 0 Å². The first-order valence-electron chi connectivity index (χ1n) is 9.91. The predicted octanol–water partition coefficient (Wildman–Crippen LogP) is 3.28. The summed E-state index contributed by atoms with van der Waals surface area (Å²) in [5, 5.41) is 5.22. The van der Waals surface area contributed by atoms with Gasteiger partial charge < -0.3 is 15.2 Å². The van der Waals surface area contributed by atoms with Crippen molar-refractivity contribution in [3.63, 3.8) is 0 Å². The fourth-order valence-corrected chi connectivity index (χ4v) is 3.12. The summed E-state index contributed by atoms with van der Waals surface area (Å²) in [5.41, 5.74) is 1.28. The number of aromatic nitrogens is 2. The Morgan fingerprint density at radius 3 is 2.26 bits per heavy atom. The molecule has 8 heteroatoms. The zero-order valence-corrected chi connectivity index (χ0v) is 17.3. The number of carbonyl (C=O) groups excluding carboxylic acids is 2. The van der Waals surface area contributed by atoms with E-state index in [1.165, 1.54) is 6.07 Å². The molecule has 1 aromatic heterocycles. The molecule has 6 nitrogen and oxygen atoms in total. The minimum absolute atomic E-state index is 0.261. The molecule has 1 atom stereocenters. The average Bonchev–Trinajstić information content (AvgIpc) is 3.24. The number of nitrogens with zero attached hydrogens (tertiary/aromatic N) is 2. The predicted molar refractivity (Wildman–Crippen MR) is 112 cm³/mol. The van der Waals surface area contributed by atoms with Gasteiger partial charge in [0, 0.05) is 25.5 Å². The molecule has 0 aliphatic heterocycles. The number of amides is 2. The molecule has 2 aromatic carbocycles. The minimum Gasteiger partial charge on any atom is -0.350 e. The molecule has 162 valence electrons. The highest BCUT2D eigenvalue weighted by molar-refractivity contribution is 5.98. The number of halogens is 2. The lowest BCUT2D eigenvalue weighted by Crippen LogP contribution is -2.49. The van der Waals surface area contributed by atoms with E-state index in [9.17, 15) is 18.4 Å². The molecular weight excluding hydrogens is 402 g/mol. The van der Waals surface area contributed by atoms with Gasteiger partial charge in [-0.05, 0) is 29.2 Å². The molecule has 0 saturated heterocycles. The van der Waals surface area contributed by atoms with Gasteiger partial charge in [0.15, 0.2) is 0 Å². The van der Waals surface area contributed by atoms with E-state index in [2.05, 4.69) is 15.6 Å². The van der Waals surface area contributed by atoms with E-state index >= 15 is 0 Å². The number of carbonyl (C=O) groups is 2. The van der Waals surface area contributed by atoms with Gasteiger partial charge in [0.2, 0.25) is 5.91 Å². The molecule has 0 spiro atoms. The third kappa shape index (κ3) is 5.75. The van der Waals surface area contributed by atoms with Crippen LogP contribution in [0.25, 0.3) is 0 Å². The second-order valence-corrected chi connectivity index (χ2v) is 7.56. The van der Waals surface area contributed by atoms with Gasteiger partial charge in [-0.1, -0.05) is 44.2 Å². The zero-order valence-electron chi connectivity index (χ0n) is 17.3. The summed E-state index contributed by atoms with van der Waals surface area (Å²) in [6.07, 6.45) is 5.33. The maximum Gasteiger partial charge on any atom is 0.257 e. The number of hydrogen-bond acceptors (Lipinski definition) is 3. The average molecular weight is 426 g/mol. The van der Waals surface area contributed by atoms with E-state index in [1.54, 1.807) is 26.4 Å². The van der Waals surface area contributed by atoms with Crippen LogP contribution in [0.5, 0.6) is 0 Å². The fraction of sp³-hybridized carbons (Fsp3) is 0.261. The second kappa shape index (κ2) is 9.97. The zero-order chi connectivity index (χ0) is 22.4. The maximum atomic E-state index is 13.9. The quantitative estimate of drug-likeness (QED) is 0.581. The van der Waals surface area contributed by atoms with Crippen LogP contribution >= 0.6 is 0 Å². The highest BCUT2D eigenvalue weighted by atomic mass is 19.1. The van der Waals surface area contributed by atoms with Crippen LogP contribution in [-0.2, 0) is 17.9 Å². The summed E-state index contributed by atoms with van der Waals surface area (Å²) in [5.74, 6) is -3.63. The van der Waals surface area contributed by atoms with Crippen molar-refractivity contribution in [1.29, 1.82) is 0 Å². The van der Waals surface area contributed by atoms with Crippen molar-refractivity contribution in [2.75, 3.05) is 0 Å². The van der Waals surface area contributed by atoms with Crippen LogP contribution in [0.2, 0.25) is 0 Å². The molecule has 0 radical (unpaired) electrons. The van der Waals surface area contributed by atoms with Gasteiger partial charge in [0.1, 0.15) is 23.2 Å². The Kier molecular flexibility index (Phi) is 7.12. The van der Waals surface area contributed by atoms with E-state index in [-0.39, 0.29) is 12.5 Å². The summed E-state index contributed by atoms with van der Waals surface area (Å²) >= 11 is 0. The van der Waals surface area contributed by atoms with Gasteiger partial charge in [-0.2, -0.15) is 0 Å². The number of hydrogen-bond donors (Lipinski definition) is 2. The number of nitrogens with one attached hydrogen (secondary N) is 2. The lowest BCUT2D eigenvalue weighted by Gasteiger charge is -2.22. The molecule has 0 aliphatic carbocycles. The number of benzene rings is 2. The summed E-state index contributed by atoms with van der Waals surface area (Å²) in [7, 11) is 0. The molecule has 1 heterocycles. The van der Waals surface area contributed by atoms with Crippen LogP contribution in [0, 0.1) is 17.6 Å². The molecule has 2 N–H and O–H groups in total. The fourth-order valence-electron chi connectivity index (χ4n) is 3.12. The molecule has 3 rings (SSSR count). The first kappa shape index (κ1) is 22.1. The molecule has 0 fully saturated rings. The summed E-state index contributed by atoms with van der Waals surface area (Å²) in [6, 6.07) is 9.97. The van der Waals surface area contributed by atoms with Crippen LogP contribution in [0.4, 0.5) is 8.78 Å². The third-order valence-electron chi connectivity index (χ3n) is 4.84. The van der Waals surface area contributed by atoms with Gasteiger partial charge >= 0.3 is 0 Å². The topological polar surface area (TPSA) is 76.0 Å². The van der Waals surface area contributed by atoms with Crippen molar-refractivity contribution in [2.45, 2.75) is 33.0 Å². The molecule has 0 unspecified atom stereocenters. The molecule has 0 aliphatic rings. The first-order chi connectivity index (χ1) is 14.8. The highest BCUT2D eigenvalue weighted by Gasteiger charge is 2.27. The summed E-state index contributed by atoms with van der Waals surface area (Å²) < 4.78 is 29.7. The monoisotopic (exact) mass is 426 g/mol. The van der Waals surface area contributed by atoms with Crippen LogP contribution in [0.15, 0.2) is 61.2 Å².